The van der Waals surface area contributed by atoms with Crippen molar-refractivity contribution in [1.29, 1.82) is 0 Å². The van der Waals surface area contributed by atoms with Crippen LogP contribution in [0.25, 0.3) is 34.4 Å². The number of hydrogen-bond donors (Lipinski definition) is 0. The van der Waals surface area contributed by atoms with Crippen LogP contribution in [0.2, 0.25) is 13.1 Å². The molecule has 4 aliphatic carbocycles. The maximum atomic E-state index is 8.63. The molecule has 4 heteroatoms. The third-order valence-corrected chi connectivity index (χ3v) is 65.7. The Morgan fingerprint density at radius 3 is 1.49 bits per heavy atom. The van der Waals surface area contributed by atoms with Crippen LogP contribution in [0.5, 0.6) is 0 Å². The van der Waals surface area contributed by atoms with Gasteiger partial charge in [-0.2, -0.15) is 0 Å². The van der Waals surface area contributed by atoms with Crippen LogP contribution in [0.1, 0.15) is 137 Å². The van der Waals surface area contributed by atoms with Gasteiger partial charge in [0.15, 0.2) is 0 Å². The van der Waals surface area contributed by atoms with E-state index in [4.69, 9.17) is 17.0 Å². The molecule has 0 aromatic heterocycles. The van der Waals surface area contributed by atoms with Gasteiger partial charge in [0.2, 0.25) is 0 Å². The van der Waals surface area contributed by atoms with E-state index in [2.05, 4.69) is 124 Å². The second kappa shape index (κ2) is 14.4. The summed E-state index contributed by atoms with van der Waals surface area (Å²) in [5.41, 5.74) is 16.5. The summed E-state index contributed by atoms with van der Waals surface area (Å²) < 4.78 is 0.239. The molecule has 2 saturated carbocycles. The maximum absolute atomic E-state index is 8.63. The molecule has 0 nitrogen and oxygen atoms in total. The van der Waals surface area contributed by atoms with E-state index < -0.39 is 21.5 Å². The summed E-state index contributed by atoms with van der Waals surface area (Å²) in [4.78, 5) is 0. The third kappa shape index (κ3) is 6.21. The van der Waals surface area contributed by atoms with Crippen LogP contribution < -0.4 is 0 Å². The molecule has 51 heavy (non-hydrogen) atoms. The van der Waals surface area contributed by atoms with E-state index in [0.29, 0.717) is 0 Å². The van der Waals surface area contributed by atoms with E-state index in [1.807, 2.05) is 0 Å². The molecule has 0 saturated heterocycles. The predicted molar refractivity (Wildman–Crippen MR) is 223 cm³/mol. The molecule has 2 fully saturated rings. The Morgan fingerprint density at radius 2 is 1.04 bits per heavy atom. The summed E-state index contributed by atoms with van der Waals surface area (Å²) in [6.45, 7) is 9.56. The van der Waals surface area contributed by atoms with Gasteiger partial charge in [-0.05, 0) is 0 Å². The fourth-order valence-electron chi connectivity index (χ4n) is 10.8. The van der Waals surface area contributed by atoms with Crippen molar-refractivity contribution in [3.8, 4) is 22.3 Å². The molecule has 0 amide bonds. The van der Waals surface area contributed by atoms with E-state index in [1.54, 1.807) is 0 Å². The molecule has 0 N–H and O–H groups in total. The third-order valence-electron chi connectivity index (χ3n) is 13.6. The summed E-state index contributed by atoms with van der Waals surface area (Å²) >= 11 is -4.76. The van der Waals surface area contributed by atoms with Crippen molar-refractivity contribution < 1.29 is 15.6 Å². The monoisotopic (exact) mass is 807 g/mol. The van der Waals surface area contributed by atoms with Gasteiger partial charge < -0.3 is 0 Å². The Hall–Kier alpha value is -1.96. The minimum atomic E-state index is -4.76. The Balaban J connectivity index is 1.18. The van der Waals surface area contributed by atoms with Crippen molar-refractivity contribution in [3.05, 3.63) is 129 Å². The first-order valence-corrected chi connectivity index (χ1v) is 36.4. The first-order chi connectivity index (χ1) is 24.7. The number of fused-ring (bicyclic) bond motifs is 2. The molecule has 0 bridgehead atoms. The summed E-state index contributed by atoms with van der Waals surface area (Å²) in [5.74, 6) is -0.162. The normalized spacial score (nSPS) is 21.9. The summed E-state index contributed by atoms with van der Waals surface area (Å²) in [6, 6.07) is 33.0. The van der Waals surface area contributed by atoms with Crippen molar-refractivity contribution in [2.75, 3.05) is 0 Å². The molecule has 2 atom stereocenters. The summed E-state index contributed by atoms with van der Waals surface area (Å²) in [7, 11) is 17.3. The van der Waals surface area contributed by atoms with Crippen LogP contribution in [0, 0.1) is 0 Å². The van der Waals surface area contributed by atoms with Crippen LogP contribution >= 0.6 is 17.0 Å². The van der Waals surface area contributed by atoms with E-state index in [9.17, 15) is 0 Å². The van der Waals surface area contributed by atoms with Crippen molar-refractivity contribution in [2.45, 2.75) is 117 Å². The molecule has 4 aliphatic rings. The quantitative estimate of drug-likeness (QED) is 0.156. The SMILES string of the molecule is CCC1=Cc2c(-c3ccc(C4CCCCC4)cc3)cccc2[CH]1[Zr]([Cl])([Cl])([CH]1C(C)=Cc2c(-c3ccc(C4CCCCC4)cc3)cccc21)[SiH](C)C. The molecule has 8 rings (SSSR count). The van der Waals surface area contributed by atoms with Gasteiger partial charge in [0.05, 0.1) is 0 Å². The predicted octanol–water partition coefficient (Wildman–Crippen LogP) is 15.1. The standard InChI is InChI=1S/C23H25.C22H23.C2H7Si.2ClH.Zr/c1-2-17-15-21-9-6-10-22(23(21)16-17)20-13-11-19(12-14-20)18-7-4-3-5-8-18;1-16-14-20-8-5-9-21(22(20)15-16)19-12-10-18(11-13-19)17-6-3-2-4-7-17;1-3-2;;;/h6,9-16,18H,2-5,7-8H2,1H3;5,8-15,17H,2-4,6-7H2,1H3;3H,1-2H3;2*1H;/q;;;;;+2/p-2. The number of benzene rings is 4. The molecular formula is C47H55Cl2SiZr. The van der Waals surface area contributed by atoms with E-state index in [0.717, 1.165) is 18.3 Å². The molecular weight excluding hydrogens is 755 g/mol. The zero-order valence-electron chi connectivity index (χ0n) is 31.2. The molecule has 0 radical (unpaired) electrons. The molecule has 0 heterocycles. The van der Waals surface area contributed by atoms with Crippen molar-refractivity contribution in [1.82, 2.24) is 0 Å². The van der Waals surface area contributed by atoms with Crippen molar-refractivity contribution in [3.63, 3.8) is 0 Å². The van der Waals surface area contributed by atoms with Gasteiger partial charge in [-0.1, -0.05) is 0 Å². The fourth-order valence-corrected chi connectivity index (χ4v) is 43.1. The van der Waals surface area contributed by atoms with Crippen molar-refractivity contribution >= 4 is 35.1 Å². The van der Waals surface area contributed by atoms with Crippen LogP contribution in [0.4, 0.5) is 0 Å². The Kier molecular flexibility index (Phi) is 10.1. The van der Waals surface area contributed by atoms with Gasteiger partial charge in [-0.25, -0.2) is 0 Å². The number of halogens is 2. The first-order valence-electron chi connectivity index (χ1n) is 20.1. The Bertz CT molecular complexity index is 1970. The van der Waals surface area contributed by atoms with E-state index in [1.165, 1.54) is 131 Å². The Morgan fingerprint density at radius 1 is 0.588 bits per heavy atom. The van der Waals surface area contributed by atoms with E-state index in [-0.39, 0.29) is 7.25 Å². The molecule has 4 aromatic rings. The Labute approximate surface area is 316 Å². The molecule has 4 aromatic carbocycles. The summed E-state index contributed by atoms with van der Waals surface area (Å²) in [5, 5.41) is 0. The van der Waals surface area contributed by atoms with Crippen molar-refractivity contribution in [2.24, 2.45) is 0 Å². The molecule has 0 aliphatic heterocycles. The number of rotatable bonds is 8. The summed E-state index contributed by atoms with van der Waals surface area (Å²) in [6.07, 6.45) is 19.5. The minimum absolute atomic E-state index is 0.113. The zero-order chi connectivity index (χ0) is 35.4. The fraction of sp³-hybridized carbons (Fsp3) is 0.404. The number of hydrogen-bond acceptors (Lipinski definition) is 0. The average Bonchev–Trinajstić information content (AvgIpc) is 3.74. The molecule has 0 spiro atoms. The molecule has 2 unspecified atom stereocenters. The zero-order valence-corrected chi connectivity index (χ0v) is 36.3. The van der Waals surface area contributed by atoms with E-state index >= 15 is 0 Å². The van der Waals surface area contributed by atoms with Gasteiger partial charge in [0.1, 0.15) is 0 Å². The second-order valence-electron chi connectivity index (χ2n) is 16.7. The number of allylic oxidation sites excluding steroid dienone is 2. The van der Waals surface area contributed by atoms with Gasteiger partial charge in [-0.3, -0.25) is 0 Å². The van der Waals surface area contributed by atoms with Gasteiger partial charge in [-0.15, -0.1) is 0 Å². The van der Waals surface area contributed by atoms with Gasteiger partial charge >= 0.3 is 319 Å². The van der Waals surface area contributed by atoms with Crippen LogP contribution in [-0.2, 0) is 15.6 Å². The van der Waals surface area contributed by atoms with Crippen LogP contribution in [0.3, 0.4) is 0 Å². The van der Waals surface area contributed by atoms with Gasteiger partial charge in [0.25, 0.3) is 0 Å². The van der Waals surface area contributed by atoms with Gasteiger partial charge in [0, 0.05) is 0 Å². The average molecular weight is 810 g/mol. The second-order valence-corrected chi connectivity index (χ2v) is 59.2. The van der Waals surface area contributed by atoms with Crippen LogP contribution in [0.15, 0.2) is 96.1 Å². The first kappa shape index (κ1) is 36.0. The topological polar surface area (TPSA) is 0 Å². The van der Waals surface area contributed by atoms with Crippen LogP contribution in [-0.4, -0.2) is 5.92 Å². The molecule has 265 valence electrons.